The lowest BCUT2D eigenvalue weighted by molar-refractivity contribution is -0.126. The van der Waals surface area contributed by atoms with Gasteiger partial charge in [0.2, 0.25) is 0 Å². The van der Waals surface area contributed by atoms with Gasteiger partial charge in [-0.1, -0.05) is 42.5 Å². The molecule has 0 bridgehead atoms. The zero-order valence-corrected chi connectivity index (χ0v) is 15.0. The van der Waals surface area contributed by atoms with Crippen LogP contribution in [-0.2, 0) is 16.1 Å². The van der Waals surface area contributed by atoms with Crippen molar-refractivity contribution in [1.29, 1.82) is 0 Å². The van der Waals surface area contributed by atoms with Gasteiger partial charge in [-0.3, -0.25) is 9.78 Å². The molecule has 0 atom stereocenters. The number of rotatable bonds is 5. The highest BCUT2D eigenvalue weighted by Crippen LogP contribution is 2.20. The Balaban J connectivity index is 0.000000596. The maximum atomic E-state index is 11.9. The van der Waals surface area contributed by atoms with E-state index in [1.807, 2.05) is 66.7 Å². The highest BCUT2D eigenvalue weighted by molar-refractivity contribution is 5.89. The number of methoxy groups -OCH3 is 1. The molecule has 2 N–H and O–H groups in total. The fourth-order valence-corrected chi connectivity index (χ4v) is 2.24. The lowest BCUT2D eigenvalue weighted by Crippen LogP contribution is -2.28. The van der Waals surface area contributed by atoms with Gasteiger partial charge >= 0.3 is 6.03 Å². The third-order valence-corrected chi connectivity index (χ3v) is 3.55. The number of carbonyl (C=O) groups is 2. The summed E-state index contributed by atoms with van der Waals surface area (Å²) in [5.41, 5.74) is 4.01. The highest BCUT2D eigenvalue weighted by Gasteiger charge is 2.02. The molecule has 0 spiro atoms. The third kappa shape index (κ3) is 6.99. The second-order valence-corrected chi connectivity index (χ2v) is 5.44. The molecule has 2 aromatic carbocycles. The van der Waals surface area contributed by atoms with Crippen molar-refractivity contribution in [2.24, 2.45) is 0 Å². The van der Waals surface area contributed by atoms with E-state index < -0.39 is 0 Å². The molecule has 1 heterocycles. The molecule has 0 aliphatic carbocycles. The molecular weight excluding hydrogens is 342 g/mol. The van der Waals surface area contributed by atoms with Crippen molar-refractivity contribution >= 4 is 18.2 Å². The minimum Gasteiger partial charge on any atom is -0.471 e. The lowest BCUT2D eigenvalue weighted by Gasteiger charge is -2.08. The van der Waals surface area contributed by atoms with E-state index in [0.29, 0.717) is 13.0 Å². The Morgan fingerprint density at radius 1 is 0.963 bits per heavy atom. The highest BCUT2D eigenvalue weighted by atomic mass is 16.5. The normalized spacial score (nSPS) is 9.37. The molecule has 138 valence electrons. The summed E-state index contributed by atoms with van der Waals surface area (Å²) < 4.78 is 3.86. The first-order valence-electron chi connectivity index (χ1n) is 8.28. The Hall–Kier alpha value is -3.67. The molecule has 1 aromatic heterocycles. The summed E-state index contributed by atoms with van der Waals surface area (Å²) in [5, 5.41) is 5.66. The van der Waals surface area contributed by atoms with Crippen LogP contribution in [0.3, 0.4) is 0 Å². The summed E-state index contributed by atoms with van der Waals surface area (Å²) in [6, 6.07) is 21.2. The Bertz CT molecular complexity index is 822. The molecular formula is C21H21N3O3. The average molecular weight is 363 g/mol. The van der Waals surface area contributed by atoms with Crippen LogP contribution >= 0.6 is 0 Å². The maximum Gasteiger partial charge on any atom is 0.319 e. The van der Waals surface area contributed by atoms with Crippen LogP contribution in [0.5, 0.6) is 0 Å². The number of anilines is 1. The second kappa shape index (κ2) is 11.0. The van der Waals surface area contributed by atoms with Crippen LogP contribution in [0.2, 0.25) is 0 Å². The van der Waals surface area contributed by atoms with E-state index >= 15 is 0 Å². The molecule has 0 aliphatic rings. The van der Waals surface area contributed by atoms with Crippen LogP contribution in [0.1, 0.15) is 5.56 Å². The van der Waals surface area contributed by atoms with E-state index in [-0.39, 0.29) is 6.03 Å². The fourth-order valence-electron chi connectivity index (χ4n) is 2.24. The Labute approximate surface area is 158 Å². The largest absolute Gasteiger partial charge is 0.471 e. The molecule has 27 heavy (non-hydrogen) atoms. The number of hydrogen-bond acceptors (Lipinski definition) is 4. The van der Waals surface area contributed by atoms with Crippen molar-refractivity contribution in [3.8, 4) is 11.1 Å². The Morgan fingerprint density at radius 2 is 1.56 bits per heavy atom. The number of nitrogens with zero attached hydrogens (tertiary/aromatic N) is 1. The Kier molecular flexibility index (Phi) is 8.04. The minimum atomic E-state index is -0.217. The number of urea groups is 1. The minimum absolute atomic E-state index is 0.217. The molecule has 3 rings (SSSR count). The van der Waals surface area contributed by atoms with Crippen molar-refractivity contribution in [3.63, 3.8) is 0 Å². The van der Waals surface area contributed by atoms with E-state index in [1.54, 1.807) is 12.4 Å². The standard InChI is InChI=1S/C19H17N3O.C2H4O2/c23-19(21-14-15-4-2-1-3-5-15)22-18-8-6-16(7-9-18)17-10-12-20-13-11-17;1-4-2-3/h1-13H,14H2,(H2,21,22,23);2H,1H3. The predicted octanol–water partition coefficient (Wildman–Crippen LogP) is 3.86. The van der Waals surface area contributed by atoms with Crippen LogP contribution < -0.4 is 10.6 Å². The summed E-state index contributed by atoms with van der Waals surface area (Å²) in [4.78, 5) is 24.9. The van der Waals surface area contributed by atoms with Gasteiger partial charge in [0.15, 0.2) is 0 Å². The molecule has 0 saturated carbocycles. The third-order valence-electron chi connectivity index (χ3n) is 3.55. The van der Waals surface area contributed by atoms with Gasteiger partial charge in [-0.05, 0) is 41.0 Å². The van der Waals surface area contributed by atoms with Gasteiger partial charge in [-0.2, -0.15) is 0 Å². The topological polar surface area (TPSA) is 80.3 Å². The zero-order valence-electron chi connectivity index (χ0n) is 15.0. The van der Waals surface area contributed by atoms with Crippen LogP contribution in [-0.4, -0.2) is 24.6 Å². The molecule has 0 fully saturated rings. The van der Waals surface area contributed by atoms with Crippen molar-refractivity contribution < 1.29 is 14.3 Å². The second-order valence-electron chi connectivity index (χ2n) is 5.44. The molecule has 0 saturated heterocycles. The first-order valence-corrected chi connectivity index (χ1v) is 8.28. The first-order chi connectivity index (χ1) is 13.2. The molecule has 0 aliphatic heterocycles. The number of aromatic nitrogens is 1. The summed E-state index contributed by atoms with van der Waals surface area (Å²) in [7, 11) is 1.31. The van der Waals surface area contributed by atoms with Gasteiger partial charge in [0.25, 0.3) is 6.47 Å². The summed E-state index contributed by atoms with van der Waals surface area (Å²) in [6.07, 6.45) is 3.52. The monoisotopic (exact) mass is 363 g/mol. The SMILES string of the molecule is COC=O.O=C(NCc1ccccc1)Nc1ccc(-c2ccncc2)cc1. The van der Waals surface area contributed by atoms with Crippen LogP contribution in [0, 0.1) is 0 Å². The number of hydrogen-bond donors (Lipinski definition) is 2. The molecule has 6 heteroatoms. The van der Waals surface area contributed by atoms with Gasteiger partial charge in [0, 0.05) is 24.6 Å². The molecule has 6 nitrogen and oxygen atoms in total. The fraction of sp³-hybridized carbons (Fsp3) is 0.0952. The number of ether oxygens (including phenoxy) is 1. The van der Waals surface area contributed by atoms with E-state index in [0.717, 1.165) is 22.4 Å². The lowest BCUT2D eigenvalue weighted by atomic mass is 10.1. The smallest absolute Gasteiger partial charge is 0.319 e. The van der Waals surface area contributed by atoms with E-state index in [2.05, 4.69) is 20.4 Å². The van der Waals surface area contributed by atoms with Crippen LogP contribution in [0.4, 0.5) is 10.5 Å². The maximum absolute atomic E-state index is 11.9. The van der Waals surface area contributed by atoms with Gasteiger partial charge < -0.3 is 15.4 Å². The number of nitrogens with one attached hydrogen (secondary N) is 2. The van der Waals surface area contributed by atoms with Gasteiger partial charge in [0.05, 0.1) is 7.11 Å². The number of carbonyl (C=O) groups excluding carboxylic acids is 2. The zero-order chi connectivity index (χ0) is 19.3. The average Bonchev–Trinajstić information content (AvgIpc) is 2.74. The molecule has 0 radical (unpaired) electrons. The quantitative estimate of drug-likeness (QED) is 0.675. The van der Waals surface area contributed by atoms with E-state index in [1.165, 1.54) is 7.11 Å². The van der Waals surface area contributed by atoms with Crippen molar-refractivity contribution in [3.05, 3.63) is 84.7 Å². The van der Waals surface area contributed by atoms with Crippen molar-refractivity contribution in [2.75, 3.05) is 12.4 Å². The summed E-state index contributed by atoms with van der Waals surface area (Å²) >= 11 is 0. The number of amides is 2. The van der Waals surface area contributed by atoms with Gasteiger partial charge in [-0.15, -0.1) is 0 Å². The van der Waals surface area contributed by atoms with Crippen molar-refractivity contribution in [2.45, 2.75) is 6.54 Å². The first kappa shape index (κ1) is 19.7. The number of benzene rings is 2. The van der Waals surface area contributed by atoms with E-state index in [9.17, 15) is 4.79 Å². The summed E-state index contributed by atoms with van der Waals surface area (Å²) in [5.74, 6) is 0. The molecule has 3 aromatic rings. The molecule has 2 amide bonds. The summed E-state index contributed by atoms with van der Waals surface area (Å²) in [6.45, 7) is 0.877. The molecule has 0 unspecified atom stereocenters. The number of pyridine rings is 1. The van der Waals surface area contributed by atoms with Crippen LogP contribution in [0.15, 0.2) is 79.1 Å². The van der Waals surface area contributed by atoms with E-state index in [4.69, 9.17) is 4.79 Å². The van der Waals surface area contributed by atoms with Crippen molar-refractivity contribution in [1.82, 2.24) is 10.3 Å². The predicted molar refractivity (Wildman–Crippen MR) is 105 cm³/mol. The van der Waals surface area contributed by atoms with Crippen LogP contribution in [0.25, 0.3) is 11.1 Å². The van der Waals surface area contributed by atoms with Gasteiger partial charge in [0.1, 0.15) is 0 Å². The Morgan fingerprint density at radius 3 is 2.15 bits per heavy atom. The van der Waals surface area contributed by atoms with Gasteiger partial charge in [-0.25, -0.2) is 4.79 Å².